The minimum Gasteiger partial charge on any atom is -0.349 e. The number of unbranched alkanes of at least 4 members (excludes halogenated alkanes) is 1. The molecule has 0 amide bonds. The molecule has 3 rings (SSSR count). The van der Waals surface area contributed by atoms with Crippen LogP contribution in [-0.2, 0) is 24.2 Å². The monoisotopic (exact) mass is 423 g/mol. The molecule has 31 heavy (non-hydrogen) atoms. The van der Waals surface area contributed by atoms with E-state index in [1.165, 1.54) is 35.2 Å². The zero-order valence-corrected chi connectivity index (χ0v) is 20.2. The first-order valence-electron chi connectivity index (χ1n) is 11.2. The molecule has 0 spiro atoms. The molecule has 3 aromatic rings. The van der Waals surface area contributed by atoms with Gasteiger partial charge in [-0.1, -0.05) is 82.1 Å². The third-order valence-corrected chi connectivity index (χ3v) is 4.55. The molecular weight excluding hydrogens is 382 g/mol. The zero-order chi connectivity index (χ0) is 23.3. The zero-order valence-electron chi connectivity index (χ0n) is 20.2. The van der Waals surface area contributed by atoms with Crippen LogP contribution in [-0.4, -0.2) is 23.3 Å². The standard InChI is InChI=1S/C10H12O.C8H11N.C5H8N2.C4H10/c1-8-3-4-10(5-6-11)7-9(8)2;1-9-7-8-5-3-2-4-6-8;1-2-5-3-6-4-7-5;1-3-4-2/h3-4,6-7H,5H2,1-2H3;2-6,9H,7H2,1H3;3-4H,2H2,1H3,(H,6,7);3-4H2,1-2H3. The third-order valence-electron chi connectivity index (χ3n) is 4.55. The van der Waals surface area contributed by atoms with Gasteiger partial charge in [0.25, 0.3) is 0 Å². The average molecular weight is 424 g/mol. The summed E-state index contributed by atoms with van der Waals surface area (Å²) in [7, 11) is 1.95. The predicted octanol–water partition coefficient (Wildman–Crippen LogP) is 6.23. The molecule has 170 valence electrons. The second-order valence-electron chi connectivity index (χ2n) is 7.24. The van der Waals surface area contributed by atoms with E-state index in [-0.39, 0.29) is 0 Å². The highest BCUT2D eigenvalue weighted by Gasteiger charge is 1.94. The normalized spacial score (nSPS) is 9.23. The molecule has 2 N–H and O–H groups in total. The number of carbonyl (C=O) groups is 1. The molecule has 0 aliphatic carbocycles. The van der Waals surface area contributed by atoms with Crippen molar-refractivity contribution >= 4 is 6.29 Å². The van der Waals surface area contributed by atoms with Crippen LogP contribution in [0.3, 0.4) is 0 Å². The van der Waals surface area contributed by atoms with Crippen LogP contribution in [0.5, 0.6) is 0 Å². The fourth-order valence-electron chi connectivity index (χ4n) is 2.30. The van der Waals surface area contributed by atoms with E-state index in [0.29, 0.717) is 6.42 Å². The van der Waals surface area contributed by atoms with Crippen LogP contribution in [0.4, 0.5) is 0 Å². The number of aromatic amines is 1. The second-order valence-corrected chi connectivity index (χ2v) is 7.24. The molecule has 0 saturated heterocycles. The fourth-order valence-corrected chi connectivity index (χ4v) is 2.30. The number of aryl methyl sites for hydroxylation is 3. The van der Waals surface area contributed by atoms with Gasteiger partial charge in [-0.2, -0.15) is 0 Å². The van der Waals surface area contributed by atoms with Crippen molar-refractivity contribution in [3.05, 3.63) is 89.0 Å². The Hall–Kier alpha value is -2.72. The maximum Gasteiger partial charge on any atom is 0.124 e. The van der Waals surface area contributed by atoms with Crippen molar-refractivity contribution in [3.8, 4) is 0 Å². The van der Waals surface area contributed by atoms with Gasteiger partial charge in [0.15, 0.2) is 0 Å². The lowest BCUT2D eigenvalue weighted by Gasteiger charge is -2.00. The summed E-state index contributed by atoms with van der Waals surface area (Å²) in [5.41, 5.74) is 6.16. The molecule has 0 bridgehead atoms. The number of carbonyl (C=O) groups excluding carboxylic acids is 1. The minimum atomic E-state index is 0.529. The highest BCUT2D eigenvalue weighted by Crippen LogP contribution is 2.09. The lowest BCUT2D eigenvalue weighted by Crippen LogP contribution is -2.04. The minimum absolute atomic E-state index is 0.529. The molecule has 0 radical (unpaired) electrons. The SMILES string of the molecule is CCCC.CCc1cnc[nH]1.CNCc1ccccc1.Cc1ccc(CC=O)cc1C. The average Bonchev–Trinajstić information content (AvgIpc) is 3.33. The summed E-state index contributed by atoms with van der Waals surface area (Å²) in [5, 5.41) is 3.08. The van der Waals surface area contributed by atoms with Gasteiger partial charge in [-0.3, -0.25) is 0 Å². The van der Waals surface area contributed by atoms with Crippen molar-refractivity contribution in [2.75, 3.05) is 7.05 Å². The summed E-state index contributed by atoms with van der Waals surface area (Å²) in [4.78, 5) is 17.0. The Kier molecular flexibility index (Phi) is 17.6. The van der Waals surface area contributed by atoms with Gasteiger partial charge in [0.05, 0.1) is 6.33 Å². The van der Waals surface area contributed by atoms with Gasteiger partial charge in [-0.15, -0.1) is 0 Å². The van der Waals surface area contributed by atoms with Crippen molar-refractivity contribution in [1.82, 2.24) is 15.3 Å². The molecule has 0 fully saturated rings. The van der Waals surface area contributed by atoms with Gasteiger partial charge in [0.2, 0.25) is 0 Å². The molecule has 0 saturated carbocycles. The van der Waals surface area contributed by atoms with E-state index in [1.807, 2.05) is 43.6 Å². The van der Waals surface area contributed by atoms with Gasteiger partial charge in [0.1, 0.15) is 6.29 Å². The van der Waals surface area contributed by atoms with E-state index >= 15 is 0 Å². The topological polar surface area (TPSA) is 57.8 Å². The quantitative estimate of drug-likeness (QED) is 0.462. The molecule has 2 aromatic carbocycles. The summed E-state index contributed by atoms with van der Waals surface area (Å²) >= 11 is 0. The van der Waals surface area contributed by atoms with E-state index in [0.717, 1.165) is 24.8 Å². The van der Waals surface area contributed by atoms with Crippen molar-refractivity contribution in [3.63, 3.8) is 0 Å². The number of hydrogen-bond donors (Lipinski definition) is 2. The summed E-state index contributed by atoms with van der Waals surface area (Å²) in [6, 6.07) is 16.4. The first-order valence-corrected chi connectivity index (χ1v) is 11.2. The first-order chi connectivity index (χ1) is 15.0. The Balaban J connectivity index is 0.000000409. The number of nitrogens with zero attached hydrogens (tertiary/aromatic N) is 1. The van der Waals surface area contributed by atoms with Crippen molar-refractivity contribution < 1.29 is 4.79 Å². The Morgan fingerprint density at radius 3 is 2.03 bits per heavy atom. The summed E-state index contributed by atoms with van der Waals surface area (Å²) in [6.07, 6.45) is 8.67. The molecule has 0 unspecified atom stereocenters. The number of H-pyrrole nitrogens is 1. The predicted molar refractivity (Wildman–Crippen MR) is 133 cm³/mol. The van der Waals surface area contributed by atoms with Crippen molar-refractivity contribution in [1.29, 1.82) is 0 Å². The van der Waals surface area contributed by atoms with Crippen LogP contribution >= 0.6 is 0 Å². The fraction of sp³-hybridized carbons (Fsp3) is 0.407. The molecule has 0 aliphatic heterocycles. The number of hydrogen-bond acceptors (Lipinski definition) is 3. The second kappa shape index (κ2) is 19.3. The lowest BCUT2D eigenvalue weighted by molar-refractivity contribution is -0.107. The number of nitrogens with one attached hydrogen (secondary N) is 2. The van der Waals surface area contributed by atoms with Crippen LogP contribution in [0.25, 0.3) is 0 Å². The number of rotatable bonds is 6. The van der Waals surface area contributed by atoms with Crippen molar-refractivity contribution in [2.45, 2.75) is 66.8 Å². The summed E-state index contributed by atoms with van der Waals surface area (Å²) < 4.78 is 0. The summed E-state index contributed by atoms with van der Waals surface area (Å²) in [6.45, 7) is 11.5. The van der Waals surface area contributed by atoms with E-state index in [2.05, 4.69) is 68.1 Å². The van der Waals surface area contributed by atoms with Gasteiger partial charge >= 0.3 is 0 Å². The van der Waals surface area contributed by atoms with Gasteiger partial charge in [-0.25, -0.2) is 4.98 Å². The van der Waals surface area contributed by atoms with E-state index in [1.54, 1.807) is 6.33 Å². The van der Waals surface area contributed by atoms with E-state index < -0.39 is 0 Å². The molecule has 0 aliphatic rings. The first kappa shape index (κ1) is 28.3. The van der Waals surface area contributed by atoms with Crippen LogP contribution in [0.2, 0.25) is 0 Å². The molecule has 0 atom stereocenters. The van der Waals surface area contributed by atoms with Gasteiger partial charge in [-0.05, 0) is 49.6 Å². The molecule has 1 aromatic heterocycles. The Bertz CT molecular complexity index is 782. The lowest BCUT2D eigenvalue weighted by atomic mass is 10.1. The number of benzene rings is 2. The van der Waals surface area contributed by atoms with E-state index in [9.17, 15) is 4.79 Å². The number of aromatic nitrogens is 2. The Morgan fingerprint density at radius 1 is 0.935 bits per heavy atom. The van der Waals surface area contributed by atoms with E-state index in [4.69, 9.17) is 0 Å². The Morgan fingerprint density at radius 2 is 1.61 bits per heavy atom. The largest absolute Gasteiger partial charge is 0.349 e. The maximum absolute atomic E-state index is 10.2. The number of imidazole rings is 1. The van der Waals surface area contributed by atoms with Gasteiger partial charge in [0, 0.05) is 24.9 Å². The Labute approximate surface area is 189 Å². The van der Waals surface area contributed by atoms with Crippen LogP contribution < -0.4 is 5.32 Å². The molecule has 1 heterocycles. The maximum atomic E-state index is 10.2. The molecular formula is C27H41N3O. The van der Waals surface area contributed by atoms with Crippen LogP contribution in [0, 0.1) is 13.8 Å². The summed E-state index contributed by atoms with van der Waals surface area (Å²) in [5.74, 6) is 0. The third kappa shape index (κ3) is 14.8. The van der Waals surface area contributed by atoms with Crippen LogP contribution in [0.15, 0.2) is 61.1 Å². The van der Waals surface area contributed by atoms with Crippen molar-refractivity contribution in [2.24, 2.45) is 0 Å². The highest BCUT2D eigenvalue weighted by molar-refractivity contribution is 5.55. The van der Waals surface area contributed by atoms with Crippen LogP contribution in [0.1, 0.15) is 61.6 Å². The highest BCUT2D eigenvalue weighted by atomic mass is 16.1. The molecule has 4 heteroatoms. The smallest absolute Gasteiger partial charge is 0.124 e. The molecule has 4 nitrogen and oxygen atoms in total. The van der Waals surface area contributed by atoms with Gasteiger partial charge < -0.3 is 15.1 Å². The number of aldehydes is 1.